The predicted molar refractivity (Wildman–Crippen MR) is 76.6 cm³/mol. The van der Waals surface area contributed by atoms with Crippen LogP contribution in [0.15, 0.2) is 29.2 Å². The number of hydrogen-bond acceptors (Lipinski definition) is 3. The van der Waals surface area contributed by atoms with Gasteiger partial charge in [-0.2, -0.15) is 0 Å². The Morgan fingerprint density at radius 1 is 1.16 bits per heavy atom. The van der Waals surface area contributed by atoms with Gasteiger partial charge >= 0.3 is 0 Å². The van der Waals surface area contributed by atoms with Gasteiger partial charge in [0.25, 0.3) is 0 Å². The molecular weight excluding hydrogens is 260 g/mol. The zero-order valence-electron chi connectivity index (χ0n) is 11.8. The zero-order valence-corrected chi connectivity index (χ0v) is 12.6. The first-order valence-corrected chi connectivity index (χ1v) is 8.14. The SMILES string of the molecule is Cc1ccc(S(=O)(=O)N[C@H]2CCC[C@H]2N(C)C)cc1. The number of aryl methyl sites for hydroxylation is 1. The quantitative estimate of drug-likeness (QED) is 0.915. The van der Waals surface area contributed by atoms with Crippen LogP contribution < -0.4 is 4.72 Å². The minimum atomic E-state index is -3.40. The van der Waals surface area contributed by atoms with Gasteiger partial charge < -0.3 is 4.90 Å². The Bertz CT molecular complexity index is 523. The molecule has 2 rings (SSSR count). The summed E-state index contributed by atoms with van der Waals surface area (Å²) in [6.45, 7) is 1.95. The third-order valence-corrected chi connectivity index (χ3v) is 5.29. The van der Waals surface area contributed by atoms with Crippen molar-refractivity contribution >= 4 is 10.0 Å². The van der Waals surface area contributed by atoms with Crippen LogP contribution in [0.3, 0.4) is 0 Å². The predicted octanol–water partition coefficient (Wildman–Crippen LogP) is 1.76. The Morgan fingerprint density at radius 2 is 1.79 bits per heavy atom. The molecule has 1 aromatic rings. The fourth-order valence-electron chi connectivity index (χ4n) is 2.68. The van der Waals surface area contributed by atoms with Crippen LogP contribution in [0.4, 0.5) is 0 Å². The molecule has 0 unspecified atom stereocenters. The van der Waals surface area contributed by atoms with Crippen LogP contribution in [0.25, 0.3) is 0 Å². The summed E-state index contributed by atoms with van der Waals surface area (Å²) in [5.74, 6) is 0. The summed E-state index contributed by atoms with van der Waals surface area (Å²) in [6.07, 6.45) is 3.03. The Morgan fingerprint density at radius 3 is 2.37 bits per heavy atom. The van der Waals surface area contributed by atoms with E-state index in [2.05, 4.69) is 9.62 Å². The number of nitrogens with zero attached hydrogens (tertiary/aromatic N) is 1. The van der Waals surface area contributed by atoms with Crippen molar-refractivity contribution in [2.75, 3.05) is 14.1 Å². The van der Waals surface area contributed by atoms with Crippen molar-refractivity contribution in [3.05, 3.63) is 29.8 Å². The van der Waals surface area contributed by atoms with Gasteiger partial charge in [0, 0.05) is 12.1 Å². The molecule has 0 aliphatic heterocycles. The van der Waals surface area contributed by atoms with Gasteiger partial charge in [0.05, 0.1) is 4.90 Å². The highest BCUT2D eigenvalue weighted by atomic mass is 32.2. The number of benzene rings is 1. The molecule has 1 N–H and O–H groups in total. The minimum Gasteiger partial charge on any atom is -0.305 e. The van der Waals surface area contributed by atoms with Crippen molar-refractivity contribution in [3.8, 4) is 0 Å². The average molecular weight is 282 g/mol. The molecule has 0 radical (unpaired) electrons. The van der Waals surface area contributed by atoms with Crippen LogP contribution in [0.5, 0.6) is 0 Å². The molecule has 0 aromatic heterocycles. The van der Waals surface area contributed by atoms with Gasteiger partial charge in [-0.1, -0.05) is 24.1 Å². The van der Waals surface area contributed by atoms with Gasteiger partial charge in [-0.05, 0) is 46.0 Å². The molecule has 1 fully saturated rings. The Hall–Kier alpha value is -0.910. The van der Waals surface area contributed by atoms with Gasteiger partial charge in [-0.15, -0.1) is 0 Å². The maximum atomic E-state index is 12.3. The highest BCUT2D eigenvalue weighted by molar-refractivity contribution is 7.89. The minimum absolute atomic E-state index is 0.0151. The fraction of sp³-hybridized carbons (Fsp3) is 0.571. The molecule has 0 heterocycles. The highest BCUT2D eigenvalue weighted by Crippen LogP contribution is 2.24. The molecule has 19 heavy (non-hydrogen) atoms. The molecular formula is C14H22N2O2S. The van der Waals surface area contributed by atoms with E-state index in [9.17, 15) is 8.42 Å². The van der Waals surface area contributed by atoms with Crippen LogP contribution in [-0.4, -0.2) is 39.5 Å². The molecule has 0 saturated heterocycles. The third-order valence-electron chi connectivity index (χ3n) is 3.78. The number of nitrogens with one attached hydrogen (secondary N) is 1. The molecule has 106 valence electrons. The summed E-state index contributed by atoms with van der Waals surface area (Å²) in [6, 6.07) is 7.29. The first-order valence-electron chi connectivity index (χ1n) is 6.65. The molecule has 0 spiro atoms. The summed E-state index contributed by atoms with van der Waals surface area (Å²) >= 11 is 0. The van der Waals surface area contributed by atoms with Crippen molar-refractivity contribution in [1.29, 1.82) is 0 Å². The van der Waals surface area contributed by atoms with E-state index >= 15 is 0 Å². The zero-order chi connectivity index (χ0) is 14.0. The van der Waals surface area contributed by atoms with Crippen molar-refractivity contribution in [2.24, 2.45) is 0 Å². The number of hydrogen-bond donors (Lipinski definition) is 1. The Labute approximate surface area is 115 Å². The second-order valence-corrected chi connectivity index (χ2v) is 7.22. The Balaban J connectivity index is 2.15. The standard InChI is InChI=1S/C14H22N2O2S/c1-11-7-9-12(10-8-11)19(17,18)15-13-5-4-6-14(13)16(2)3/h7-10,13-15H,4-6H2,1-3H3/t13-,14+/m0/s1. The van der Waals surface area contributed by atoms with Crippen LogP contribution in [0, 0.1) is 6.92 Å². The summed E-state index contributed by atoms with van der Waals surface area (Å²) in [5.41, 5.74) is 1.06. The van der Waals surface area contributed by atoms with Crippen LogP contribution in [0.2, 0.25) is 0 Å². The number of sulfonamides is 1. The van der Waals surface area contributed by atoms with E-state index in [1.54, 1.807) is 12.1 Å². The van der Waals surface area contributed by atoms with E-state index < -0.39 is 10.0 Å². The smallest absolute Gasteiger partial charge is 0.240 e. The van der Waals surface area contributed by atoms with Crippen molar-refractivity contribution in [1.82, 2.24) is 9.62 Å². The Kier molecular flexibility index (Phi) is 4.28. The monoisotopic (exact) mass is 282 g/mol. The van der Waals surface area contributed by atoms with Gasteiger partial charge in [0.2, 0.25) is 10.0 Å². The normalized spacial score (nSPS) is 24.0. The lowest BCUT2D eigenvalue weighted by Gasteiger charge is -2.26. The van der Waals surface area contributed by atoms with E-state index in [0.717, 1.165) is 24.8 Å². The highest BCUT2D eigenvalue weighted by Gasteiger charge is 2.32. The van der Waals surface area contributed by atoms with E-state index in [4.69, 9.17) is 0 Å². The summed E-state index contributed by atoms with van der Waals surface area (Å²) in [5, 5.41) is 0. The van der Waals surface area contributed by atoms with Crippen LogP contribution >= 0.6 is 0 Å². The molecule has 0 bridgehead atoms. The average Bonchev–Trinajstić information content (AvgIpc) is 2.77. The van der Waals surface area contributed by atoms with E-state index in [-0.39, 0.29) is 6.04 Å². The molecule has 1 aliphatic carbocycles. The van der Waals surface area contributed by atoms with Crippen LogP contribution in [-0.2, 0) is 10.0 Å². The molecule has 1 aromatic carbocycles. The number of likely N-dealkylation sites (N-methyl/N-ethyl adjacent to an activating group) is 1. The number of rotatable bonds is 4. The molecule has 4 nitrogen and oxygen atoms in total. The second-order valence-electron chi connectivity index (χ2n) is 5.50. The van der Waals surface area contributed by atoms with Gasteiger partial charge in [-0.25, -0.2) is 13.1 Å². The second kappa shape index (κ2) is 5.61. The summed E-state index contributed by atoms with van der Waals surface area (Å²) in [7, 11) is 0.603. The third kappa shape index (κ3) is 3.35. The maximum absolute atomic E-state index is 12.3. The lowest BCUT2D eigenvalue weighted by atomic mass is 10.2. The van der Waals surface area contributed by atoms with Crippen LogP contribution in [0.1, 0.15) is 24.8 Å². The first-order chi connectivity index (χ1) is 8.90. The largest absolute Gasteiger partial charge is 0.305 e. The molecule has 1 aliphatic rings. The molecule has 5 heteroatoms. The topological polar surface area (TPSA) is 49.4 Å². The van der Waals surface area contributed by atoms with Crippen molar-refractivity contribution in [2.45, 2.75) is 43.2 Å². The summed E-state index contributed by atoms with van der Waals surface area (Å²) < 4.78 is 27.5. The first kappa shape index (κ1) is 14.5. The van der Waals surface area contributed by atoms with Gasteiger partial charge in [-0.3, -0.25) is 0 Å². The van der Waals surface area contributed by atoms with Crippen molar-refractivity contribution < 1.29 is 8.42 Å². The van der Waals surface area contributed by atoms with Crippen molar-refractivity contribution in [3.63, 3.8) is 0 Å². The van der Waals surface area contributed by atoms with Gasteiger partial charge in [0.1, 0.15) is 0 Å². The van der Waals surface area contributed by atoms with Gasteiger partial charge in [0.15, 0.2) is 0 Å². The van der Waals surface area contributed by atoms with E-state index in [1.165, 1.54) is 0 Å². The maximum Gasteiger partial charge on any atom is 0.240 e. The van der Waals surface area contributed by atoms with E-state index in [0.29, 0.717) is 10.9 Å². The molecule has 1 saturated carbocycles. The van der Waals surface area contributed by atoms with E-state index in [1.807, 2.05) is 33.2 Å². The summed E-state index contributed by atoms with van der Waals surface area (Å²) in [4.78, 5) is 2.46. The fourth-order valence-corrected chi connectivity index (χ4v) is 3.98. The lowest BCUT2D eigenvalue weighted by Crippen LogP contribution is -2.45. The molecule has 0 amide bonds. The molecule has 2 atom stereocenters. The lowest BCUT2D eigenvalue weighted by molar-refractivity contribution is 0.267.